The molecule has 0 atom stereocenters. The maximum Gasteiger partial charge on any atom is 0.227 e. The summed E-state index contributed by atoms with van der Waals surface area (Å²) in [5.41, 5.74) is 7.80. The van der Waals surface area contributed by atoms with E-state index in [-0.39, 0.29) is 5.91 Å². The molecule has 0 aromatic heterocycles. The van der Waals surface area contributed by atoms with E-state index in [9.17, 15) is 4.79 Å². The number of nitrogens with zero attached hydrogens (tertiary/aromatic N) is 1. The van der Waals surface area contributed by atoms with Crippen molar-refractivity contribution in [1.29, 1.82) is 0 Å². The predicted octanol–water partition coefficient (Wildman–Crippen LogP) is 2.20. The Morgan fingerprint density at radius 2 is 2.00 bits per heavy atom. The van der Waals surface area contributed by atoms with Crippen LogP contribution in [0.1, 0.15) is 30.4 Å². The van der Waals surface area contributed by atoms with E-state index in [0.717, 1.165) is 18.4 Å². The van der Waals surface area contributed by atoms with E-state index in [1.54, 1.807) is 0 Å². The van der Waals surface area contributed by atoms with Gasteiger partial charge in [-0.15, -0.1) is 0 Å². The molecule has 1 aromatic carbocycles. The van der Waals surface area contributed by atoms with Gasteiger partial charge in [-0.25, -0.2) is 0 Å². The van der Waals surface area contributed by atoms with Crippen LogP contribution < -0.4 is 5.73 Å². The smallest absolute Gasteiger partial charge is 0.227 e. The molecular weight excluding hydrogens is 256 g/mol. The molecule has 102 valence electrons. The Hall–Kier alpha value is -1.42. The van der Waals surface area contributed by atoms with Crippen molar-refractivity contribution in [3.8, 4) is 0 Å². The zero-order chi connectivity index (χ0) is 13.8. The van der Waals surface area contributed by atoms with Gasteiger partial charge in [0.05, 0.1) is 11.4 Å². The molecule has 0 aliphatic heterocycles. The van der Waals surface area contributed by atoms with Gasteiger partial charge in [-0.1, -0.05) is 42.0 Å². The lowest BCUT2D eigenvalue weighted by atomic mass is 10.1. The zero-order valence-electron chi connectivity index (χ0n) is 11.3. The molecule has 1 aliphatic carbocycles. The Kier molecular flexibility index (Phi) is 4.53. The van der Waals surface area contributed by atoms with Gasteiger partial charge in [0.2, 0.25) is 5.91 Å². The summed E-state index contributed by atoms with van der Waals surface area (Å²) >= 11 is 4.89. The normalized spacial score (nSPS) is 14.2. The zero-order valence-corrected chi connectivity index (χ0v) is 12.1. The van der Waals surface area contributed by atoms with Gasteiger partial charge >= 0.3 is 0 Å². The molecular formula is C15H20N2OS. The third kappa shape index (κ3) is 4.31. The Balaban J connectivity index is 1.95. The van der Waals surface area contributed by atoms with Crippen LogP contribution in [0.25, 0.3) is 0 Å². The number of benzene rings is 1. The van der Waals surface area contributed by atoms with Gasteiger partial charge in [0.15, 0.2) is 0 Å². The van der Waals surface area contributed by atoms with Crippen molar-refractivity contribution in [1.82, 2.24) is 4.90 Å². The molecule has 0 unspecified atom stereocenters. The number of carbonyl (C=O) groups is 1. The highest BCUT2D eigenvalue weighted by Crippen LogP contribution is 2.27. The monoisotopic (exact) mass is 276 g/mol. The van der Waals surface area contributed by atoms with Gasteiger partial charge in [0, 0.05) is 19.0 Å². The molecule has 1 fully saturated rings. The topological polar surface area (TPSA) is 46.3 Å². The first-order chi connectivity index (χ1) is 9.06. The van der Waals surface area contributed by atoms with Gasteiger partial charge in [-0.3, -0.25) is 4.79 Å². The van der Waals surface area contributed by atoms with Gasteiger partial charge < -0.3 is 10.6 Å². The Labute approximate surface area is 119 Å². The number of nitrogens with two attached hydrogens (primary N) is 1. The maximum absolute atomic E-state index is 12.3. The van der Waals surface area contributed by atoms with E-state index >= 15 is 0 Å². The quantitative estimate of drug-likeness (QED) is 0.810. The number of aryl methyl sites for hydroxylation is 1. The molecule has 0 radical (unpaired) electrons. The molecule has 0 saturated heterocycles. The van der Waals surface area contributed by atoms with Crippen LogP contribution in [-0.4, -0.2) is 28.4 Å². The van der Waals surface area contributed by atoms with E-state index in [4.69, 9.17) is 18.0 Å². The first-order valence-electron chi connectivity index (χ1n) is 6.69. The standard InChI is InChI=1S/C15H20N2OS/c1-11-2-4-12(5-3-11)10-15(18)17(13-6-7-13)9-8-14(16)19/h2-5,13H,6-10H2,1H3,(H2,16,19). The fourth-order valence-electron chi connectivity index (χ4n) is 2.11. The van der Waals surface area contributed by atoms with Crippen LogP contribution in [0.15, 0.2) is 24.3 Å². The average molecular weight is 276 g/mol. The van der Waals surface area contributed by atoms with Crippen molar-refractivity contribution in [3.63, 3.8) is 0 Å². The molecule has 0 spiro atoms. The van der Waals surface area contributed by atoms with E-state index in [1.165, 1.54) is 5.56 Å². The van der Waals surface area contributed by atoms with Crippen molar-refractivity contribution in [3.05, 3.63) is 35.4 Å². The summed E-state index contributed by atoms with van der Waals surface area (Å²) in [5, 5.41) is 0. The molecule has 0 heterocycles. The van der Waals surface area contributed by atoms with Crippen LogP contribution >= 0.6 is 12.2 Å². The number of hydrogen-bond donors (Lipinski definition) is 1. The van der Waals surface area contributed by atoms with Crippen molar-refractivity contribution in [2.75, 3.05) is 6.54 Å². The third-order valence-electron chi connectivity index (χ3n) is 3.38. The summed E-state index contributed by atoms with van der Waals surface area (Å²) < 4.78 is 0. The largest absolute Gasteiger partial charge is 0.393 e. The third-order valence-corrected chi connectivity index (χ3v) is 3.59. The second-order valence-corrected chi connectivity index (χ2v) is 5.72. The minimum Gasteiger partial charge on any atom is -0.393 e. The number of carbonyl (C=O) groups excluding carboxylic acids is 1. The summed E-state index contributed by atoms with van der Waals surface area (Å²) in [4.78, 5) is 14.8. The summed E-state index contributed by atoms with van der Waals surface area (Å²) in [6.45, 7) is 2.70. The Bertz CT molecular complexity index is 466. The van der Waals surface area contributed by atoms with E-state index < -0.39 is 0 Å². The lowest BCUT2D eigenvalue weighted by molar-refractivity contribution is -0.130. The van der Waals surface area contributed by atoms with Crippen molar-refractivity contribution < 1.29 is 4.79 Å². The van der Waals surface area contributed by atoms with Crippen molar-refractivity contribution in [2.24, 2.45) is 5.73 Å². The predicted molar refractivity (Wildman–Crippen MR) is 81.0 cm³/mol. The first kappa shape index (κ1) is 14.0. The fourth-order valence-corrected chi connectivity index (χ4v) is 2.20. The number of amides is 1. The number of rotatable bonds is 6. The highest BCUT2D eigenvalue weighted by atomic mass is 32.1. The molecule has 0 bridgehead atoms. The van der Waals surface area contributed by atoms with Crippen LogP contribution in [-0.2, 0) is 11.2 Å². The van der Waals surface area contributed by atoms with Crippen molar-refractivity contribution in [2.45, 2.75) is 38.6 Å². The SMILES string of the molecule is Cc1ccc(CC(=O)N(CCC(N)=S)C2CC2)cc1. The van der Waals surface area contributed by atoms with Crippen LogP contribution in [0.5, 0.6) is 0 Å². The average Bonchev–Trinajstić information content (AvgIpc) is 3.16. The molecule has 1 aliphatic rings. The summed E-state index contributed by atoms with van der Waals surface area (Å²) in [6, 6.07) is 8.53. The molecule has 1 aromatic rings. The van der Waals surface area contributed by atoms with Gasteiger partial charge in [0.1, 0.15) is 0 Å². The minimum atomic E-state index is 0.183. The molecule has 1 saturated carbocycles. The van der Waals surface area contributed by atoms with Crippen LogP contribution in [0.2, 0.25) is 0 Å². The van der Waals surface area contributed by atoms with Crippen LogP contribution in [0.4, 0.5) is 0 Å². The molecule has 2 rings (SSSR count). The first-order valence-corrected chi connectivity index (χ1v) is 7.10. The second kappa shape index (κ2) is 6.15. The van der Waals surface area contributed by atoms with Gasteiger partial charge in [0.25, 0.3) is 0 Å². The van der Waals surface area contributed by atoms with E-state index in [2.05, 4.69) is 0 Å². The Morgan fingerprint density at radius 3 is 2.53 bits per heavy atom. The van der Waals surface area contributed by atoms with Crippen LogP contribution in [0, 0.1) is 6.92 Å². The number of thiocarbonyl (C=S) groups is 1. The second-order valence-electron chi connectivity index (χ2n) is 5.20. The summed E-state index contributed by atoms with van der Waals surface area (Å²) in [6.07, 6.45) is 3.30. The summed E-state index contributed by atoms with van der Waals surface area (Å²) in [7, 11) is 0. The molecule has 3 nitrogen and oxygen atoms in total. The molecule has 1 amide bonds. The van der Waals surface area contributed by atoms with E-state index in [0.29, 0.717) is 30.4 Å². The van der Waals surface area contributed by atoms with Gasteiger partial charge in [-0.2, -0.15) is 0 Å². The lowest BCUT2D eigenvalue weighted by Gasteiger charge is -2.22. The fraction of sp³-hybridized carbons (Fsp3) is 0.467. The van der Waals surface area contributed by atoms with Crippen LogP contribution in [0.3, 0.4) is 0 Å². The summed E-state index contributed by atoms with van der Waals surface area (Å²) in [5.74, 6) is 0.183. The highest BCUT2D eigenvalue weighted by molar-refractivity contribution is 7.80. The highest BCUT2D eigenvalue weighted by Gasteiger charge is 2.32. The van der Waals surface area contributed by atoms with Gasteiger partial charge in [-0.05, 0) is 25.3 Å². The Morgan fingerprint density at radius 1 is 1.37 bits per heavy atom. The maximum atomic E-state index is 12.3. The lowest BCUT2D eigenvalue weighted by Crippen LogP contribution is -2.36. The number of hydrogen-bond acceptors (Lipinski definition) is 2. The molecule has 4 heteroatoms. The minimum absolute atomic E-state index is 0.183. The molecule has 19 heavy (non-hydrogen) atoms. The van der Waals surface area contributed by atoms with Crippen molar-refractivity contribution >= 4 is 23.1 Å². The van der Waals surface area contributed by atoms with E-state index in [1.807, 2.05) is 36.1 Å². The molecule has 2 N–H and O–H groups in total.